The van der Waals surface area contributed by atoms with E-state index in [2.05, 4.69) is 133 Å². The number of rotatable bonds is 4. The molecule has 0 saturated carbocycles. The van der Waals surface area contributed by atoms with Crippen LogP contribution in [0, 0.1) is 0 Å². The standard InChI is InChI=1S/C32H25N/c1-2-23-19-21-25(22-20-23)27-16-10-15-26(24-11-4-3-5-12-24)32(27)33-30-17-8-6-13-28(30)29-14-7-9-18-31(29)33/h3-22H,2H2,1H3. The maximum atomic E-state index is 2.45. The zero-order valence-corrected chi connectivity index (χ0v) is 18.7. The smallest absolute Gasteiger partial charge is 0.0618 e. The van der Waals surface area contributed by atoms with Gasteiger partial charge in [0.15, 0.2) is 0 Å². The predicted molar refractivity (Wildman–Crippen MR) is 141 cm³/mol. The van der Waals surface area contributed by atoms with Crippen LogP contribution >= 0.6 is 0 Å². The summed E-state index contributed by atoms with van der Waals surface area (Å²) in [6, 6.07) is 43.9. The van der Waals surface area contributed by atoms with Gasteiger partial charge in [0.2, 0.25) is 0 Å². The molecule has 158 valence electrons. The minimum Gasteiger partial charge on any atom is -0.308 e. The van der Waals surface area contributed by atoms with Gasteiger partial charge in [-0.05, 0) is 35.2 Å². The summed E-state index contributed by atoms with van der Waals surface area (Å²) in [6.07, 6.45) is 1.05. The van der Waals surface area contributed by atoms with Crippen molar-refractivity contribution in [1.82, 2.24) is 4.57 Å². The third-order valence-corrected chi connectivity index (χ3v) is 6.60. The van der Waals surface area contributed by atoms with Crippen LogP contribution in [0.15, 0.2) is 121 Å². The molecule has 0 N–H and O–H groups in total. The van der Waals surface area contributed by atoms with Gasteiger partial charge in [-0.2, -0.15) is 0 Å². The van der Waals surface area contributed by atoms with E-state index in [1.165, 1.54) is 55.3 Å². The van der Waals surface area contributed by atoms with Crippen molar-refractivity contribution in [1.29, 1.82) is 0 Å². The number of para-hydroxylation sites is 3. The summed E-state index contributed by atoms with van der Waals surface area (Å²) in [5.41, 5.74) is 9.98. The zero-order chi connectivity index (χ0) is 22.2. The fraction of sp³-hybridized carbons (Fsp3) is 0.0625. The third kappa shape index (κ3) is 3.25. The van der Waals surface area contributed by atoms with Gasteiger partial charge in [-0.15, -0.1) is 0 Å². The lowest BCUT2D eigenvalue weighted by molar-refractivity contribution is 1.14. The molecule has 1 heterocycles. The Balaban J connectivity index is 1.76. The van der Waals surface area contributed by atoms with Gasteiger partial charge >= 0.3 is 0 Å². The van der Waals surface area contributed by atoms with Crippen molar-refractivity contribution in [3.05, 3.63) is 127 Å². The molecule has 0 radical (unpaired) electrons. The van der Waals surface area contributed by atoms with Crippen LogP contribution in [0.4, 0.5) is 0 Å². The SMILES string of the molecule is CCc1ccc(-c2cccc(-c3ccccc3)c2-n2c3ccccc3c3ccccc32)cc1. The molecule has 1 aromatic heterocycles. The lowest BCUT2D eigenvalue weighted by Gasteiger charge is -2.19. The highest BCUT2D eigenvalue weighted by Gasteiger charge is 2.19. The van der Waals surface area contributed by atoms with E-state index < -0.39 is 0 Å². The van der Waals surface area contributed by atoms with Crippen LogP contribution in [0.25, 0.3) is 49.7 Å². The van der Waals surface area contributed by atoms with E-state index in [9.17, 15) is 0 Å². The Hall–Kier alpha value is -4.10. The quantitative estimate of drug-likeness (QED) is 0.267. The number of aromatic nitrogens is 1. The molecule has 0 fully saturated rings. The van der Waals surface area contributed by atoms with Crippen molar-refractivity contribution in [2.45, 2.75) is 13.3 Å². The predicted octanol–water partition coefficient (Wildman–Crippen LogP) is 8.68. The normalized spacial score (nSPS) is 11.3. The largest absolute Gasteiger partial charge is 0.308 e. The van der Waals surface area contributed by atoms with Crippen LogP contribution in [0.2, 0.25) is 0 Å². The van der Waals surface area contributed by atoms with E-state index >= 15 is 0 Å². The van der Waals surface area contributed by atoms with Gasteiger partial charge in [-0.25, -0.2) is 0 Å². The molecule has 6 rings (SSSR count). The first-order chi connectivity index (χ1) is 16.3. The molecule has 0 saturated heterocycles. The number of hydrogen-bond acceptors (Lipinski definition) is 0. The third-order valence-electron chi connectivity index (χ3n) is 6.60. The Morgan fingerprint density at radius 2 is 1.00 bits per heavy atom. The number of fused-ring (bicyclic) bond motifs is 3. The van der Waals surface area contributed by atoms with Crippen molar-refractivity contribution >= 4 is 21.8 Å². The molecule has 0 aliphatic heterocycles. The van der Waals surface area contributed by atoms with Crippen LogP contribution in [0.5, 0.6) is 0 Å². The second-order valence-corrected chi connectivity index (χ2v) is 8.49. The van der Waals surface area contributed by atoms with E-state index in [1.54, 1.807) is 0 Å². The van der Waals surface area contributed by atoms with Crippen molar-refractivity contribution in [2.75, 3.05) is 0 Å². The molecule has 0 aliphatic rings. The average Bonchev–Trinajstić information content (AvgIpc) is 3.23. The number of benzene rings is 5. The highest BCUT2D eigenvalue weighted by molar-refractivity contribution is 6.10. The number of nitrogens with zero attached hydrogens (tertiary/aromatic N) is 1. The van der Waals surface area contributed by atoms with Gasteiger partial charge in [-0.3, -0.25) is 0 Å². The first-order valence-electron chi connectivity index (χ1n) is 11.6. The summed E-state index contributed by atoms with van der Waals surface area (Å²) in [4.78, 5) is 0. The molecule has 0 spiro atoms. The zero-order valence-electron chi connectivity index (χ0n) is 18.7. The van der Waals surface area contributed by atoms with Crippen LogP contribution in [-0.4, -0.2) is 4.57 Å². The van der Waals surface area contributed by atoms with Gasteiger partial charge < -0.3 is 4.57 Å². The number of hydrogen-bond donors (Lipinski definition) is 0. The Morgan fingerprint density at radius 3 is 1.58 bits per heavy atom. The second kappa shape index (κ2) is 8.11. The van der Waals surface area contributed by atoms with Gasteiger partial charge in [0.05, 0.1) is 16.7 Å². The first-order valence-corrected chi connectivity index (χ1v) is 11.6. The van der Waals surface area contributed by atoms with Gasteiger partial charge in [-0.1, -0.05) is 116 Å². The van der Waals surface area contributed by atoms with Crippen molar-refractivity contribution in [3.63, 3.8) is 0 Å². The summed E-state index contributed by atoms with van der Waals surface area (Å²) in [7, 11) is 0. The van der Waals surface area contributed by atoms with Crippen molar-refractivity contribution in [3.8, 4) is 27.9 Å². The molecule has 5 aromatic carbocycles. The molecule has 1 heteroatoms. The summed E-state index contributed by atoms with van der Waals surface area (Å²) in [5, 5.41) is 2.56. The highest BCUT2D eigenvalue weighted by atomic mass is 15.0. The lowest BCUT2D eigenvalue weighted by atomic mass is 9.95. The molecule has 1 nitrogen and oxygen atoms in total. The minimum absolute atomic E-state index is 1.05. The van der Waals surface area contributed by atoms with E-state index in [-0.39, 0.29) is 0 Å². The average molecular weight is 424 g/mol. The Kier molecular flexibility index (Phi) is 4.81. The summed E-state index contributed by atoms with van der Waals surface area (Å²) in [5.74, 6) is 0. The maximum absolute atomic E-state index is 2.45. The first kappa shape index (κ1) is 19.6. The molecular formula is C32H25N. The Bertz CT molecular complexity index is 1520. The second-order valence-electron chi connectivity index (χ2n) is 8.49. The van der Waals surface area contributed by atoms with E-state index in [0.717, 1.165) is 6.42 Å². The van der Waals surface area contributed by atoms with Crippen LogP contribution in [0.3, 0.4) is 0 Å². The minimum atomic E-state index is 1.05. The molecule has 6 aromatic rings. The van der Waals surface area contributed by atoms with Crippen LogP contribution in [0.1, 0.15) is 12.5 Å². The fourth-order valence-electron chi connectivity index (χ4n) is 4.95. The van der Waals surface area contributed by atoms with Crippen LogP contribution < -0.4 is 0 Å². The molecular weight excluding hydrogens is 398 g/mol. The van der Waals surface area contributed by atoms with E-state index in [0.29, 0.717) is 0 Å². The highest BCUT2D eigenvalue weighted by Crippen LogP contribution is 2.41. The molecule has 0 bridgehead atoms. The van der Waals surface area contributed by atoms with Crippen LogP contribution in [-0.2, 0) is 6.42 Å². The topological polar surface area (TPSA) is 4.93 Å². The molecule has 0 aliphatic carbocycles. The van der Waals surface area contributed by atoms with Crippen molar-refractivity contribution in [2.24, 2.45) is 0 Å². The Morgan fingerprint density at radius 1 is 0.485 bits per heavy atom. The lowest BCUT2D eigenvalue weighted by Crippen LogP contribution is -2.00. The summed E-state index contributed by atoms with van der Waals surface area (Å²) < 4.78 is 2.45. The monoisotopic (exact) mass is 423 g/mol. The van der Waals surface area contributed by atoms with Gasteiger partial charge in [0, 0.05) is 21.9 Å². The Labute approximate surface area is 194 Å². The fourth-order valence-corrected chi connectivity index (χ4v) is 4.95. The summed E-state index contributed by atoms with van der Waals surface area (Å²) >= 11 is 0. The van der Waals surface area contributed by atoms with E-state index in [4.69, 9.17) is 0 Å². The molecule has 0 unspecified atom stereocenters. The summed E-state index contributed by atoms with van der Waals surface area (Å²) in [6.45, 7) is 2.20. The molecule has 0 amide bonds. The van der Waals surface area contributed by atoms with Crippen molar-refractivity contribution < 1.29 is 0 Å². The molecule has 33 heavy (non-hydrogen) atoms. The number of aryl methyl sites for hydroxylation is 1. The van der Waals surface area contributed by atoms with Gasteiger partial charge in [0.25, 0.3) is 0 Å². The molecule has 0 atom stereocenters. The van der Waals surface area contributed by atoms with E-state index in [1.807, 2.05) is 0 Å². The van der Waals surface area contributed by atoms with Gasteiger partial charge in [0.1, 0.15) is 0 Å². The maximum Gasteiger partial charge on any atom is 0.0618 e.